The minimum absolute atomic E-state index is 0. The van der Waals surface area contributed by atoms with Gasteiger partial charge in [0.15, 0.2) is 23.9 Å². The van der Waals surface area contributed by atoms with Crippen LogP contribution >= 0.6 is 23.2 Å². The third-order valence-corrected chi connectivity index (χ3v) is 9.92. The largest absolute Gasteiger partial charge is 0.870 e. The molecule has 2 aliphatic rings. The van der Waals surface area contributed by atoms with Crippen molar-refractivity contribution < 1.29 is 46.7 Å². The Morgan fingerprint density at radius 1 is 1.02 bits per heavy atom. The highest BCUT2D eigenvalue weighted by atomic mass is 35.5. The molecule has 44 heavy (non-hydrogen) atoms. The molecule has 5 rings (SSSR count). The van der Waals surface area contributed by atoms with Crippen LogP contribution in [0.5, 0.6) is 11.5 Å². The van der Waals surface area contributed by atoms with Crippen molar-refractivity contribution in [3.8, 4) is 11.5 Å². The first-order valence-corrected chi connectivity index (χ1v) is 16.3. The maximum atomic E-state index is 13.7. The molecule has 3 aromatic rings. The van der Waals surface area contributed by atoms with E-state index in [4.69, 9.17) is 32.7 Å². The van der Waals surface area contributed by atoms with Gasteiger partial charge in [0, 0.05) is 18.5 Å². The van der Waals surface area contributed by atoms with Crippen LogP contribution in [0.1, 0.15) is 48.5 Å². The van der Waals surface area contributed by atoms with Crippen molar-refractivity contribution in [1.29, 1.82) is 0 Å². The summed E-state index contributed by atoms with van der Waals surface area (Å²) in [4.78, 5) is 16.5. The van der Waals surface area contributed by atoms with E-state index in [9.17, 15) is 22.0 Å². The number of aromatic nitrogens is 1. The van der Waals surface area contributed by atoms with Crippen LogP contribution in [0, 0.1) is 5.92 Å². The molecule has 2 aromatic carbocycles. The minimum Gasteiger partial charge on any atom is -0.870 e. The fourth-order valence-corrected chi connectivity index (χ4v) is 7.30. The highest BCUT2D eigenvalue weighted by Gasteiger charge is 2.40. The molecular weight excluding hydrogens is 641 g/mol. The lowest BCUT2D eigenvalue weighted by atomic mass is 10.0. The summed E-state index contributed by atoms with van der Waals surface area (Å²) in [5.41, 5.74) is 1.50. The summed E-state index contributed by atoms with van der Waals surface area (Å²) in [5.74, 6) is -0.718. The van der Waals surface area contributed by atoms with Gasteiger partial charge in [0.2, 0.25) is 10.0 Å². The number of ether oxygens (including phenoxy) is 3. The Morgan fingerprint density at radius 2 is 1.73 bits per heavy atom. The average Bonchev–Trinajstić information content (AvgIpc) is 3.65. The van der Waals surface area contributed by atoms with Crippen LogP contribution in [0.2, 0.25) is 10.0 Å². The molecule has 0 unspecified atom stereocenters. The number of benzene rings is 2. The standard InChI is InChI=1S/C30H30Cl2F2N2O6S.H2O/c31-23-15-35-16-24(32)22(23)14-27(21-10-11-26(42-30(33)34)28(13-21)40-17-19-8-9-19)41-29(37)25-7-4-12-36(25)43(38,39)18-20-5-2-1-3-6-20;/h1-3,5-6,10-11,13,15-16,19,25,27,30H,4,7-9,12,14,17-18H2;1H2/t25-,27-;/m0./s1. The number of rotatable bonds is 13. The number of nitrogens with zero attached hydrogens (tertiary/aromatic N) is 1. The predicted molar refractivity (Wildman–Crippen MR) is 158 cm³/mol. The molecule has 1 aliphatic carbocycles. The molecule has 0 spiro atoms. The van der Waals surface area contributed by atoms with Gasteiger partial charge in [-0.15, -0.1) is 0 Å². The Hall–Kier alpha value is -3.03. The normalized spacial score (nSPS) is 17.6. The Morgan fingerprint density at radius 3 is 2.39 bits per heavy atom. The molecule has 1 saturated carbocycles. The summed E-state index contributed by atoms with van der Waals surface area (Å²) < 4.78 is 70.6. The van der Waals surface area contributed by atoms with Gasteiger partial charge in [-0.3, -0.25) is 4.79 Å². The number of alkyl halides is 2. The van der Waals surface area contributed by atoms with E-state index in [0.717, 1.165) is 12.8 Å². The number of hydrogen-bond donors (Lipinski definition) is 0. The summed E-state index contributed by atoms with van der Waals surface area (Å²) in [6.07, 6.45) is 4.82. The van der Waals surface area contributed by atoms with Crippen molar-refractivity contribution in [3.05, 3.63) is 87.7 Å². The third-order valence-electron chi connectivity index (χ3n) is 7.40. The molecule has 0 bridgehead atoms. The first kappa shape index (κ1) is 33.9. The van der Waals surface area contributed by atoms with Crippen molar-refractivity contribution in [2.45, 2.75) is 56.6 Å². The molecule has 2 heterocycles. The SMILES string of the molecule is O=C(O[C@@H](Cc1c(Cl)c[nH+]cc1Cl)c1ccc(OC(F)F)c(OCC2CC2)c1)[C@@H]1CCCN1S(=O)(=O)Cc1ccccc1.[OH-]. The van der Waals surface area contributed by atoms with Crippen molar-refractivity contribution in [3.63, 3.8) is 0 Å². The van der Waals surface area contributed by atoms with Crippen LogP contribution in [0.15, 0.2) is 60.9 Å². The fraction of sp³-hybridized carbons (Fsp3) is 0.400. The first-order valence-electron chi connectivity index (χ1n) is 13.9. The van der Waals surface area contributed by atoms with Gasteiger partial charge in [0.05, 0.1) is 12.4 Å². The number of sulfonamides is 1. The van der Waals surface area contributed by atoms with E-state index in [0.29, 0.717) is 45.7 Å². The second-order valence-corrected chi connectivity index (χ2v) is 13.3. The van der Waals surface area contributed by atoms with Crippen LogP contribution in [0.4, 0.5) is 8.78 Å². The molecule has 2 atom stereocenters. The molecular formula is C30H32Cl2F2N2O7S. The van der Waals surface area contributed by atoms with Crippen LogP contribution in [0.25, 0.3) is 0 Å². The lowest BCUT2D eigenvalue weighted by Crippen LogP contribution is -2.42. The van der Waals surface area contributed by atoms with Gasteiger partial charge in [0.25, 0.3) is 0 Å². The topological polar surface area (TPSA) is 126 Å². The van der Waals surface area contributed by atoms with Crippen molar-refractivity contribution in [2.75, 3.05) is 13.2 Å². The Labute approximate surface area is 264 Å². The molecule has 1 aliphatic heterocycles. The summed E-state index contributed by atoms with van der Waals surface area (Å²) in [6, 6.07) is 12.0. The van der Waals surface area contributed by atoms with Gasteiger partial charge in [0.1, 0.15) is 22.2 Å². The van der Waals surface area contributed by atoms with Gasteiger partial charge in [-0.1, -0.05) is 59.6 Å². The Kier molecular flexibility index (Phi) is 11.4. The number of carbonyl (C=O) groups is 1. The second-order valence-electron chi connectivity index (χ2n) is 10.6. The highest BCUT2D eigenvalue weighted by molar-refractivity contribution is 7.88. The van der Waals surface area contributed by atoms with Gasteiger partial charge in [-0.05, 0) is 54.9 Å². The zero-order valence-corrected chi connectivity index (χ0v) is 25.8. The molecule has 9 nitrogen and oxygen atoms in total. The summed E-state index contributed by atoms with van der Waals surface area (Å²) in [7, 11) is -3.83. The molecule has 1 saturated heterocycles. The van der Waals surface area contributed by atoms with E-state index in [1.807, 2.05) is 0 Å². The Balaban J connectivity index is 0.00000442. The number of pyridine rings is 1. The van der Waals surface area contributed by atoms with Crippen molar-refractivity contribution in [1.82, 2.24) is 4.31 Å². The van der Waals surface area contributed by atoms with E-state index >= 15 is 0 Å². The highest BCUT2D eigenvalue weighted by Crippen LogP contribution is 2.38. The monoisotopic (exact) mass is 672 g/mol. The fourth-order valence-electron chi connectivity index (χ4n) is 5.00. The van der Waals surface area contributed by atoms with E-state index in [1.54, 1.807) is 30.3 Å². The second kappa shape index (κ2) is 14.8. The van der Waals surface area contributed by atoms with Gasteiger partial charge in [-0.25, -0.2) is 13.4 Å². The zero-order chi connectivity index (χ0) is 30.6. The zero-order valence-electron chi connectivity index (χ0n) is 23.5. The number of nitrogens with one attached hydrogen (secondary N) is 1. The minimum atomic E-state index is -3.83. The lowest BCUT2D eigenvalue weighted by Gasteiger charge is -2.26. The van der Waals surface area contributed by atoms with E-state index < -0.39 is 34.7 Å². The number of halogens is 4. The molecule has 2 N–H and O–H groups in total. The number of esters is 1. The van der Waals surface area contributed by atoms with Crippen LogP contribution < -0.4 is 14.5 Å². The van der Waals surface area contributed by atoms with Crippen LogP contribution in [0.3, 0.4) is 0 Å². The molecule has 2 fully saturated rings. The molecule has 0 radical (unpaired) electrons. The third kappa shape index (κ3) is 8.57. The van der Waals surface area contributed by atoms with E-state index in [-0.39, 0.29) is 42.1 Å². The van der Waals surface area contributed by atoms with Crippen molar-refractivity contribution >= 4 is 39.2 Å². The summed E-state index contributed by atoms with van der Waals surface area (Å²) >= 11 is 12.8. The molecule has 14 heteroatoms. The molecule has 1 aromatic heterocycles. The number of H-pyrrole nitrogens is 1. The van der Waals surface area contributed by atoms with Crippen molar-refractivity contribution in [2.24, 2.45) is 5.92 Å². The lowest BCUT2D eigenvalue weighted by molar-refractivity contribution is -0.377. The summed E-state index contributed by atoms with van der Waals surface area (Å²) in [6.45, 7) is -2.55. The average molecular weight is 674 g/mol. The molecule has 238 valence electrons. The van der Waals surface area contributed by atoms with E-state index in [1.165, 1.54) is 34.9 Å². The van der Waals surface area contributed by atoms with Gasteiger partial charge < -0.3 is 19.7 Å². The molecule has 0 amide bonds. The van der Waals surface area contributed by atoms with E-state index in [2.05, 4.69) is 9.72 Å². The van der Waals surface area contributed by atoms with Crippen LogP contribution in [-0.2, 0) is 31.7 Å². The van der Waals surface area contributed by atoms with Crippen LogP contribution in [-0.4, -0.2) is 50.0 Å². The summed E-state index contributed by atoms with van der Waals surface area (Å²) in [5, 5.41) is 0.591. The maximum absolute atomic E-state index is 13.7. The maximum Gasteiger partial charge on any atom is 0.387 e. The number of aromatic amines is 1. The number of carbonyl (C=O) groups excluding carboxylic acids is 1. The van der Waals surface area contributed by atoms with Gasteiger partial charge >= 0.3 is 12.6 Å². The first-order chi connectivity index (χ1) is 20.6. The predicted octanol–water partition coefficient (Wildman–Crippen LogP) is 5.84. The Bertz CT molecular complexity index is 1530. The number of hydrogen-bond acceptors (Lipinski definition) is 7. The van der Waals surface area contributed by atoms with Gasteiger partial charge in [-0.2, -0.15) is 13.1 Å². The quantitative estimate of drug-likeness (QED) is 0.209. The smallest absolute Gasteiger partial charge is 0.387 e.